The molecule has 0 saturated carbocycles. The van der Waals surface area contributed by atoms with Crippen LogP contribution in [-0.4, -0.2) is 16.8 Å². The summed E-state index contributed by atoms with van der Waals surface area (Å²) in [6, 6.07) is 0. The Bertz CT molecular complexity index is 487. The van der Waals surface area contributed by atoms with Crippen LogP contribution in [-0.2, 0) is 0 Å². The highest BCUT2D eigenvalue weighted by Gasteiger charge is 2.36. The van der Waals surface area contributed by atoms with Gasteiger partial charge in [-0.25, -0.2) is 4.99 Å². The molecule has 3 unspecified atom stereocenters. The first-order chi connectivity index (χ1) is 9.99. The maximum atomic E-state index is 6.13. The van der Waals surface area contributed by atoms with Gasteiger partial charge in [0.05, 0.1) is 10.7 Å². The molecule has 0 aromatic heterocycles. The van der Waals surface area contributed by atoms with E-state index >= 15 is 0 Å². The lowest BCUT2D eigenvalue weighted by molar-refractivity contribution is 0.116. The van der Waals surface area contributed by atoms with Gasteiger partial charge in [0, 0.05) is 11.7 Å². The third kappa shape index (κ3) is 3.70. The fourth-order valence-corrected chi connectivity index (χ4v) is 4.29. The lowest BCUT2D eigenvalue weighted by Crippen LogP contribution is -2.38. The van der Waals surface area contributed by atoms with Crippen molar-refractivity contribution in [2.45, 2.75) is 45.8 Å². The zero-order valence-electron chi connectivity index (χ0n) is 13.7. The third-order valence-corrected chi connectivity index (χ3v) is 6.35. The Kier molecular flexibility index (Phi) is 5.50. The summed E-state index contributed by atoms with van der Waals surface area (Å²) in [5, 5.41) is 1.66. The minimum atomic E-state index is 0.278. The van der Waals surface area contributed by atoms with Crippen molar-refractivity contribution in [2.75, 3.05) is 6.54 Å². The smallest absolute Gasteiger partial charge is 0.0750 e. The number of aliphatic imine (C=N–C) groups is 1. The van der Waals surface area contributed by atoms with E-state index < -0.39 is 0 Å². The van der Waals surface area contributed by atoms with Gasteiger partial charge in [0.1, 0.15) is 0 Å². The molecule has 2 bridgehead atoms. The van der Waals surface area contributed by atoms with E-state index in [1.807, 2.05) is 11.8 Å². The maximum Gasteiger partial charge on any atom is 0.0750 e. The minimum absolute atomic E-state index is 0.278. The predicted molar refractivity (Wildman–Crippen MR) is 95.6 cm³/mol. The molecule has 1 aliphatic heterocycles. The van der Waals surface area contributed by atoms with E-state index in [0.29, 0.717) is 17.1 Å². The number of hydrogen-bond acceptors (Lipinski definition) is 3. The van der Waals surface area contributed by atoms with Crippen LogP contribution in [0.25, 0.3) is 0 Å². The Morgan fingerprint density at radius 2 is 2.14 bits per heavy atom. The van der Waals surface area contributed by atoms with Crippen LogP contribution in [0, 0.1) is 17.3 Å². The first kappa shape index (κ1) is 16.6. The molecule has 0 spiro atoms. The Balaban J connectivity index is 2.16. The molecule has 0 fully saturated rings. The van der Waals surface area contributed by atoms with E-state index in [1.54, 1.807) is 0 Å². The fraction of sp³-hybridized carbons (Fsp3) is 0.611. The van der Waals surface area contributed by atoms with Gasteiger partial charge in [-0.2, -0.15) is 0 Å². The van der Waals surface area contributed by atoms with Crippen LogP contribution in [0.1, 0.15) is 40.5 Å². The molecule has 1 aliphatic carbocycles. The van der Waals surface area contributed by atoms with Gasteiger partial charge in [-0.3, -0.25) is 0 Å². The normalized spacial score (nSPS) is 25.1. The highest BCUT2D eigenvalue weighted by atomic mass is 32.2. The Morgan fingerprint density at radius 1 is 1.38 bits per heavy atom. The van der Waals surface area contributed by atoms with E-state index in [2.05, 4.69) is 58.1 Å². The summed E-state index contributed by atoms with van der Waals surface area (Å²) >= 11 is 1.87. The molecule has 0 amide bonds. The summed E-state index contributed by atoms with van der Waals surface area (Å²) in [6.07, 6.45) is 12.9. The number of rotatable bonds is 6. The monoisotopic (exact) mass is 304 g/mol. The molecule has 1 heterocycles. The Morgan fingerprint density at radius 3 is 2.76 bits per heavy atom. The van der Waals surface area contributed by atoms with Crippen LogP contribution in [0.2, 0.25) is 0 Å². The van der Waals surface area contributed by atoms with Gasteiger partial charge in [-0.05, 0) is 35.9 Å². The third-order valence-electron chi connectivity index (χ3n) is 5.26. The topological polar surface area (TPSA) is 38.4 Å². The highest BCUT2D eigenvalue weighted by molar-refractivity contribution is 8.14. The van der Waals surface area contributed by atoms with E-state index in [-0.39, 0.29) is 5.41 Å². The molecule has 3 heteroatoms. The van der Waals surface area contributed by atoms with Crippen LogP contribution in [0.4, 0.5) is 0 Å². The van der Waals surface area contributed by atoms with E-state index in [4.69, 9.17) is 10.7 Å². The summed E-state index contributed by atoms with van der Waals surface area (Å²) in [5.74, 6) is 1.12. The van der Waals surface area contributed by atoms with Gasteiger partial charge in [-0.15, -0.1) is 0 Å². The van der Waals surface area contributed by atoms with Crippen molar-refractivity contribution in [1.29, 1.82) is 0 Å². The fourth-order valence-electron chi connectivity index (χ4n) is 3.14. The van der Waals surface area contributed by atoms with Crippen molar-refractivity contribution in [3.8, 4) is 0 Å². The molecule has 0 saturated heterocycles. The summed E-state index contributed by atoms with van der Waals surface area (Å²) in [5.41, 5.74) is 7.50. The molecule has 2 aliphatic rings. The van der Waals surface area contributed by atoms with Gasteiger partial charge in [0.25, 0.3) is 0 Å². The van der Waals surface area contributed by atoms with Gasteiger partial charge in [-0.1, -0.05) is 64.1 Å². The summed E-state index contributed by atoms with van der Waals surface area (Å²) < 4.78 is 0. The SMILES string of the molecule is CCC(C)(C(C)C)C(CN)CC1=NC2=CC(C=CC=C2)S1. The molecular formula is C18H28N2S. The van der Waals surface area contributed by atoms with Crippen molar-refractivity contribution in [3.63, 3.8) is 0 Å². The molecule has 2 rings (SSSR count). The van der Waals surface area contributed by atoms with Crippen molar-refractivity contribution < 1.29 is 0 Å². The molecule has 3 atom stereocenters. The molecule has 0 aromatic rings. The first-order valence-electron chi connectivity index (χ1n) is 8.00. The molecule has 2 nitrogen and oxygen atoms in total. The lowest BCUT2D eigenvalue weighted by atomic mass is 9.66. The van der Waals surface area contributed by atoms with E-state index in [9.17, 15) is 0 Å². The zero-order valence-corrected chi connectivity index (χ0v) is 14.5. The van der Waals surface area contributed by atoms with Crippen LogP contribution in [0.3, 0.4) is 0 Å². The number of hydrogen-bond donors (Lipinski definition) is 1. The summed E-state index contributed by atoms with van der Waals surface area (Å²) in [7, 11) is 0. The lowest BCUT2D eigenvalue weighted by Gasteiger charge is -2.40. The standard InChI is InChI=1S/C18H28N2S/c1-5-18(4,13(2)3)14(12-19)10-17-20-15-8-6-7-9-16(11-15)21-17/h6-9,11,13-14,16H,5,10,12,19H2,1-4H3. The van der Waals surface area contributed by atoms with E-state index in [1.165, 1.54) is 5.04 Å². The van der Waals surface area contributed by atoms with Gasteiger partial charge < -0.3 is 5.73 Å². The second kappa shape index (κ2) is 6.97. The van der Waals surface area contributed by atoms with Gasteiger partial charge in [0.2, 0.25) is 0 Å². The minimum Gasteiger partial charge on any atom is -0.330 e. The van der Waals surface area contributed by atoms with Crippen molar-refractivity contribution >= 4 is 16.8 Å². The number of thioether (sulfide) groups is 1. The molecule has 2 N–H and O–H groups in total. The summed E-state index contributed by atoms with van der Waals surface area (Å²) in [6.45, 7) is 10.0. The number of allylic oxidation sites excluding steroid dienone is 3. The largest absolute Gasteiger partial charge is 0.330 e. The quantitative estimate of drug-likeness (QED) is 0.782. The average molecular weight is 305 g/mol. The van der Waals surface area contributed by atoms with Crippen molar-refractivity contribution in [2.24, 2.45) is 28.0 Å². The molecule has 21 heavy (non-hydrogen) atoms. The van der Waals surface area contributed by atoms with Crippen molar-refractivity contribution in [1.82, 2.24) is 0 Å². The van der Waals surface area contributed by atoms with Crippen LogP contribution in [0.15, 0.2) is 41.1 Å². The van der Waals surface area contributed by atoms with Crippen molar-refractivity contribution in [3.05, 3.63) is 36.1 Å². The number of nitrogens with zero attached hydrogens (tertiary/aromatic N) is 1. The molecule has 0 radical (unpaired) electrons. The van der Waals surface area contributed by atoms with Crippen LogP contribution >= 0.6 is 11.8 Å². The van der Waals surface area contributed by atoms with Gasteiger partial charge >= 0.3 is 0 Å². The maximum absolute atomic E-state index is 6.13. The Labute approximate surface area is 133 Å². The summed E-state index contributed by atoms with van der Waals surface area (Å²) in [4.78, 5) is 4.82. The number of nitrogens with two attached hydrogens (primary N) is 1. The molecular weight excluding hydrogens is 276 g/mol. The zero-order chi connectivity index (χ0) is 15.5. The number of fused-ring (bicyclic) bond motifs is 1. The first-order valence-corrected chi connectivity index (χ1v) is 8.88. The second-order valence-electron chi connectivity index (χ2n) is 6.57. The Hall–Kier alpha value is -0.800. The van der Waals surface area contributed by atoms with Crippen LogP contribution < -0.4 is 5.73 Å². The predicted octanol–water partition coefficient (Wildman–Crippen LogP) is 4.55. The van der Waals surface area contributed by atoms with E-state index in [0.717, 1.165) is 25.1 Å². The molecule has 0 aromatic carbocycles. The molecule has 116 valence electrons. The highest BCUT2D eigenvalue weighted by Crippen LogP contribution is 2.42. The average Bonchev–Trinajstić information content (AvgIpc) is 2.64. The van der Waals surface area contributed by atoms with Crippen LogP contribution in [0.5, 0.6) is 0 Å². The van der Waals surface area contributed by atoms with Gasteiger partial charge in [0.15, 0.2) is 0 Å². The second-order valence-corrected chi connectivity index (χ2v) is 7.83.